The summed E-state index contributed by atoms with van der Waals surface area (Å²) in [5, 5.41) is 7.36. The number of hydrogen-bond donors (Lipinski definition) is 1. The first kappa shape index (κ1) is 19.3. The lowest BCUT2D eigenvalue weighted by atomic mass is 9.87. The number of likely N-dealkylation sites (tertiary alicyclic amines) is 1. The van der Waals surface area contributed by atoms with Gasteiger partial charge < -0.3 is 14.2 Å². The number of H-pyrrole nitrogens is 1. The Balaban J connectivity index is 1.58. The second-order valence-electron chi connectivity index (χ2n) is 7.37. The van der Waals surface area contributed by atoms with Crippen molar-refractivity contribution in [1.82, 2.24) is 15.1 Å². The minimum Gasteiger partial charge on any atom is -0.497 e. The van der Waals surface area contributed by atoms with E-state index in [0.717, 1.165) is 42.4 Å². The fourth-order valence-electron chi connectivity index (χ4n) is 4.21. The van der Waals surface area contributed by atoms with E-state index in [1.54, 1.807) is 21.3 Å². The van der Waals surface area contributed by atoms with Gasteiger partial charge in [-0.05, 0) is 29.8 Å². The molecule has 1 aliphatic rings. The minimum atomic E-state index is 0.357. The molecule has 3 aromatic rings. The maximum atomic E-state index is 5.60. The van der Waals surface area contributed by atoms with Gasteiger partial charge in [0.15, 0.2) is 0 Å². The van der Waals surface area contributed by atoms with Crippen molar-refractivity contribution in [3.8, 4) is 17.2 Å². The van der Waals surface area contributed by atoms with Crippen LogP contribution in [0.2, 0.25) is 0 Å². The molecule has 2 atom stereocenters. The SMILES string of the molecule is COc1ccc([C@@H]2CN(Cc3ccc(OC)cc3OC)C[C@H]2c2ccn[nH]2)cc1. The second-order valence-corrected chi connectivity index (χ2v) is 7.37. The third kappa shape index (κ3) is 4.07. The average molecular weight is 393 g/mol. The molecule has 6 heteroatoms. The monoisotopic (exact) mass is 393 g/mol. The van der Waals surface area contributed by atoms with Crippen molar-refractivity contribution in [2.24, 2.45) is 0 Å². The molecule has 0 spiro atoms. The second kappa shape index (κ2) is 8.57. The van der Waals surface area contributed by atoms with Crippen LogP contribution in [0.4, 0.5) is 0 Å². The Bertz CT molecular complexity index is 925. The summed E-state index contributed by atoms with van der Waals surface area (Å²) in [6.45, 7) is 2.74. The average Bonchev–Trinajstić information content (AvgIpc) is 3.44. The van der Waals surface area contributed by atoms with Gasteiger partial charge in [0.05, 0.1) is 21.3 Å². The van der Waals surface area contributed by atoms with E-state index in [1.165, 1.54) is 11.3 Å². The molecular formula is C23H27N3O3. The van der Waals surface area contributed by atoms with E-state index in [1.807, 2.05) is 30.5 Å². The zero-order valence-corrected chi connectivity index (χ0v) is 17.1. The molecule has 2 heterocycles. The van der Waals surface area contributed by atoms with E-state index in [4.69, 9.17) is 14.2 Å². The van der Waals surface area contributed by atoms with Crippen LogP contribution in [0.5, 0.6) is 17.2 Å². The zero-order valence-electron chi connectivity index (χ0n) is 17.1. The first-order chi connectivity index (χ1) is 14.2. The van der Waals surface area contributed by atoms with Gasteiger partial charge in [-0.25, -0.2) is 0 Å². The van der Waals surface area contributed by atoms with Crippen molar-refractivity contribution in [2.45, 2.75) is 18.4 Å². The van der Waals surface area contributed by atoms with Crippen LogP contribution in [-0.2, 0) is 6.54 Å². The number of hydrogen-bond acceptors (Lipinski definition) is 5. The fraction of sp³-hybridized carbons (Fsp3) is 0.348. The van der Waals surface area contributed by atoms with Crippen molar-refractivity contribution in [3.05, 3.63) is 71.5 Å². The van der Waals surface area contributed by atoms with Gasteiger partial charge in [-0.1, -0.05) is 18.2 Å². The number of aromatic nitrogens is 2. The lowest BCUT2D eigenvalue weighted by Crippen LogP contribution is -2.20. The Morgan fingerprint density at radius 2 is 1.62 bits per heavy atom. The van der Waals surface area contributed by atoms with E-state index in [0.29, 0.717) is 11.8 Å². The number of benzene rings is 2. The lowest BCUT2D eigenvalue weighted by Gasteiger charge is -2.18. The Morgan fingerprint density at radius 1 is 0.897 bits per heavy atom. The number of aromatic amines is 1. The minimum absolute atomic E-state index is 0.357. The molecule has 0 aliphatic carbocycles. The number of nitrogens with zero attached hydrogens (tertiary/aromatic N) is 2. The first-order valence-electron chi connectivity index (χ1n) is 9.78. The predicted molar refractivity (Wildman–Crippen MR) is 112 cm³/mol. The Labute approximate surface area is 171 Å². The van der Waals surface area contributed by atoms with Gasteiger partial charge in [0, 0.05) is 55.0 Å². The molecule has 0 radical (unpaired) electrons. The molecule has 2 aromatic carbocycles. The molecule has 4 rings (SSSR count). The first-order valence-corrected chi connectivity index (χ1v) is 9.78. The highest BCUT2D eigenvalue weighted by Crippen LogP contribution is 2.40. The van der Waals surface area contributed by atoms with Crippen LogP contribution in [0.25, 0.3) is 0 Å². The molecule has 29 heavy (non-hydrogen) atoms. The van der Waals surface area contributed by atoms with Crippen molar-refractivity contribution in [2.75, 3.05) is 34.4 Å². The third-order valence-electron chi connectivity index (χ3n) is 5.75. The number of methoxy groups -OCH3 is 3. The van der Waals surface area contributed by atoms with Gasteiger partial charge in [0.1, 0.15) is 17.2 Å². The summed E-state index contributed by atoms with van der Waals surface area (Å²) in [7, 11) is 5.07. The summed E-state index contributed by atoms with van der Waals surface area (Å²) in [6, 6.07) is 16.5. The smallest absolute Gasteiger partial charge is 0.127 e. The van der Waals surface area contributed by atoms with Crippen LogP contribution in [0.1, 0.15) is 28.7 Å². The molecule has 152 valence electrons. The molecule has 1 aliphatic heterocycles. The molecule has 1 fully saturated rings. The molecule has 6 nitrogen and oxygen atoms in total. The Kier molecular flexibility index (Phi) is 5.71. The summed E-state index contributed by atoms with van der Waals surface area (Å²) in [5.41, 5.74) is 3.65. The van der Waals surface area contributed by atoms with E-state index in [9.17, 15) is 0 Å². The van der Waals surface area contributed by atoms with Gasteiger partial charge in [-0.2, -0.15) is 5.10 Å². The van der Waals surface area contributed by atoms with E-state index in [-0.39, 0.29) is 0 Å². The van der Waals surface area contributed by atoms with E-state index in [2.05, 4.69) is 39.4 Å². The third-order valence-corrected chi connectivity index (χ3v) is 5.75. The van der Waals surface area contributed by atoms with Crippen molar-refractivity contribution in [1.29, 1.82) is 0 Å². The summed E-state index contributed by atoms with van der Waals surface area (Å²) >= 11 is 0. The normalized spacial score (nSPS) is 19.3. The van der Waals surface area contributed by atoms with Gasteiger partial charge >= 0.3 is 0 Å². The van der Waals surface area contributed by atoms with Gasteiger partial charge in [-0.3, -0.25) is 10.00 Å². The van der Waals surface area contributed by atoms with Gasteiger partial charge in [0.25, 0.3) is 0 Å². The largest absolute Gasteiger partial charge is 0.497 e. The topological polar surface area (TPSA) is 59.6 Å². The highest BCUT2D eigenvalue weighted by molar-refractivity contribution is 5.41. The summed E-state index contributed by atoms with van der Waals surface area (Å²) in [5.74, 6) is 3.28. The number of rotatable bonds is 7. The van der Waals surface area contributed by atoms with Crippen LogP contribution in [0, 0.1) is 0 Å². The fourth-order valence-corrected chi connectivity index (χ4v) is 4.21. The standard InChI is InChI=1S/C23H27N3O3/c1-27-18-7-4-16(5-8-18)20-14-26(15-21(20)22-10-11-24-25-22)13-17-6-9-19(28-2)12-23(17)29-3/h4-12,20-21H,13-15H2,1-3H3,(H,24,25)/t20-,21+/m0/s1. The van der Waals surface area contributed by atoms with Crippen molar-refractivity contribution >= 4 is 0 Å². The van der Waals surface area contributed by atoms with Crippen LogP contribution < -0.4 is 14.2 Å². The van der Waals surface area contributed by atoms with E-state index >= 15 is 0 Å². The van der Waals surface area contributed by atoms with Crippen LogP contribution in [0.3, 0.4) is 0 Å². The van der Waals surface area contributed by atoms with Crippen LogP contribution in [-0.4, -0.2) is 49.5 Å². The molecular weight excluding hydrogens is 366 g/mol. The molecule has 1 saturated heterocycles. The molecule has 1 N–H and O–H groups in total. The summed E-state index contributed by atoms with van der Waals surface area (Å²) in [6.07, 6.45) is 1.83. The lowest BCUT2D eigenvalue weighted by molar-refractivity contribution is 0.313. The van der Waals surface area contributed by atoms with Crippen molar-refractivity contribution in [3.63, 3.8) is 0 Å². The van der Waals surface area contributed by atoms with Crippen LogP contribution >= 0.6 is 0 Å². The predicted octanol–water partition coefficient (Wildman–Crippen LogP) is 3.82. The highest BCUT2D eigenvalue weighted by atomic mass is 16.5. The van der Waals surface area contributed by atoms with Gasteiger partial charge in [0.2, 0.25) is 0 Å². The van der Waals surface area contributed by atoms with Gasteiger partial charge in [-0.15, -0.1) is 0 Å². The molecule has 0 amide bonds. The molecule has 0 unspecified atom stereocenters. The molecule has 1 aromatic heterocycles. The Morgan fingerprint density at radius 3 is 2.28 bits per heavy atom. The maximum Gasteiger partial charge on any atom is 0.127 e. The zero-order chi connectivity index (χ0) is 20.2. The van der Waals surface area contributed by atoms with Crippen molar-refractivity contribution < 1.29 is 14.2 Å². The number of ether oxygens (including phenoxy) is 3. The van der Waals surface area contributed by atoms with Crippen LogP contribution in [0.15, 0.2) is 54.7 Å². The summed E-state index contributed by atoms with van der Waals surface area (Å²) in [4.78, 5) is 2.48. The highest BCUT2D eigenvalue weighted by Gasteiger charge is 2.36. The summed E-state index contributed by atoms with van der Waals surface area (Å²) < 4.78 is 16.2. The Hall–Kier alpha value is -2.99. The maximum absolute atomic E-state index is 5.60. The molecule has 0 bridgehead atoms. The van der Waals surface area contributed by atoms with E-state index < -0.39 is 0 Å². The quantitative estimate of drug-likeness (QED) is 0.661. The molecule has 0 saturated carbocycles. The number of nitrogens with one attached hydrogen (secondary N) is 1.